The fourth-order valence-electron chi connectivity index (χ4n) is 1.61. The van der Waals surface area contributed by atoms with Crippen LogP contribution in [0.1, 0.15) is 31.4 Å². The molecule has 1 aromatic rings. The molecular weight excluding hydrogens is 186 g/mol. The summed E-state index contributed by atoms with van der Waals surface area (Å²) in [4.78, 5) is 0. The Morgan fingerprint density at radius 3 is 2.73 bits per heavy atom. The molecule has 1 aliphatic rings. The summed E-state index contributed by atoms with van der Waals surface area (Å²) in [6.45, 7) is 3.88. The number of hydrogen-bond donors (Lipinski definition) is 1. The molecule has 0 aromatic heterocycles. The molecule has 2 nitrogen and oxygen atoms in total. The smallest absolute Gasteiger partial charge is 0.0797 e. The number of ether oxygens (including phenoxy) is 1. The topological polar surface area (TPSA) is 21.3 Å². The lowest BCUT2D eigenvalue weighted by molar-refractivity contribution is 0.0676. The molecule has 0 heterocycles. The predicted molar refractivity (Wildman–Crippen MR) is 61.8 cm³/mol. The highest BCUT2D eigenvalue weighted by atomic mass is 16.5. The molecule has 0 saturated heterocycles. The van der Waals surface area contributed by atoms with E-state index in [1.54, 1.807) is 0 Å². The van der Waals surface area contributed by atoms with Crippen LogP contribution in [0.15, 0.2) is 30.3 Å². The van der Waals surface area contributed by atoms with E-state index in [0.717, 1.165) is 19.2 Å². The minimum Gasteiger partial charge on any atom is -0.373 e. The Morgan fingerprint density at radius 1 is 1.33 bits per heavy atom. The minimum absolute atomic E-state index is 0.201. The van der Waals surface area contributed by atoms with E-state index in [1.165, 1.54) is 18.4 Å². The lowest BCUT2D eigenvalue weighted by Gasteiger charge is -2.13. The standard InChI is InChI=1S/C13H19NO/c1-11(12-5-3-2-4-6-12)15-10-9-14-13-7-8-13/h2-6,11,13-14H,7-10H2,1H3. The van der Waals surface area contributed by atoms with Gasteiger partial charge in [0.2, 0.25) is 0 Å². The lowest BCUT2D eigenvalue weighted by atomic mass is 10.1. The van der Waals surface area contributed by atoms with E-state index < -0.39 is 0 Å². The molecule has 1 fully saturated rings. The van der Waals surface area contributed by atoms with Gasteiger partial charge in [-0.25, -0.2) is 0 Å². The normalized spacial score (nSPS) is 17.7. The summed E-state index contributed by atoms with van der Waals surface area (Å²) in [6, 6.07) is 11.1. The molecule has 2 rings (SSSR count). The Morgan fingerprint density at radius 2 is 2.07 bits per heavy atom. The number of nitrogens with one attached hydrogen (secondary N) is 1. The average Bonchev–Trinajstić information content (AvgIpc) is 3.09. The maximum Gasteiger partial charge on any atom is 0.0797 e. The fourth-order valence-corrected chi connectivity index (χ4v) is 1.61. The zero-order valence-corrected chi connectivity index (χ0v) is 9.28. The second-order valence-electron chi connectivity index (χ2n) is 4.15. The van der Waals surface area contributed by atoms with Crippen molar-refractivity contribution in [2.24, 2.45) is 0 Å². The maximum atomic E-state index is 5.74. The van der Waals surface area contributed by atoms with Crippen LogP contribution in [0.3, 0.4) is 0 Å². The first-order valence-corrected chi connectivity index (χ1v) is 5.76. The van der Waals surface area contributed by atoms with Gasteiger partial charge in [-0.05, 0) is 25.3 Å². The molecule has 1 aromatic carbocycles. The van der Waals surface area contributed by atoms with E-state index in [4.69, 9.17) is 4.74 Å². The van der Waals surface area contributed by atoms with Crippen LogP contribution in [-0.2, 0) is 4.74 Å². The quantitative estimate of drug-likeness (QED) is 0.720. The molecule has 0 aliphatic heterocycles. The highest BCUT2D eigenvalue weighted by Crippen LogP contribution is 2.18. The molecule has 15 heavy (non-hydrogen) atoms. The zero-order chi connectivity index (χ0) is 10.5. The average molecular weight is 205 g/mol. The Balaban J connectivity index is 1.65. The van der Waals surface area contributed by atoms with Crippen LogP contribution < -0.4 is 5.32 Å². The first-order chi connectivity index (χ1) is 7.36. The van der Waals surface area contributed by atoms with Crippen LogP contribution >= 0.6 is 0 Å². The summed E-state index contributed by atoms with van der Waals surface area (Å²) in [5, 5.41) is 3.44. The lowest BCUT2D eigenvalue weighted by Crippen LogP contribution is -2.22. The molecule has 2 heteroatoms. The third-order valence-corrected chi connectivity index (χ3v) is 2.75. The monoisotopic (exact) mass is 205 g/mol. The minimum atomic E-state index is 0.201. The first-order valence-electron chi connectivity index (χ1n) is 5.76. The van der Waals surface area contributed by atoms with E-state index in [1.807, 2.05) is 6.07 Å². The number of hydrogen-bond acceptors (Lipinski definition) is 2. The van der Waals surface area contributed by atoms with E-state index >= 15 is 0 Å². The molecule has 1 N–H and O–H groups in total. The molecule has 1 atom stereocenters. The molecule has 0 bridgehead atoms. The summed E-state index contributed by atoms with van der Waals surface area (Å²) in [7, 11) is 0. The molecule has 82 valence electrons. The summed E-state index contributed by atoms with van der Waals surface area (Å²) >= 11 is 0. The predicted octanol–water partition coefficient (Wildman–Crippen LogP) is 2.52. The van der Waals surface area contributed by atoms with Gasteiger partial charge in [0.15, 0.2) is 0 Å². The van der Waals surface area contributed by atoms with E-state index in [2.05, 4.69) is 36.5 Å². The Kier molecular flexibility index (Phi) is 3.75. The Labute approximate surface area is 91.6 Å². The van der Waals surface area contributed by atoms with E-state index in [-0.39, 0.29) is 6.10 Å². The van der Waals surface area contributed by atoms with E-state index in [9.17, 15) is 0 Å². The maximum absolute atomic E-state index is 5.74. The van der Waals surface area contributed by atoms with Crippen LogP contribution in [0.2, 0.25) is 0 Å². The molecular formula is C13H19NO. The SMILES string of the molecule is CC(OCCNC1CC1)c1ccccc1. The summed E-state index contributed by atoms with van der Waals surface area (Å²) < 4.78 is 5.74. The number of benzene rings is 1. The van der Waals surface area contributed by atoms with Crippen molar-refractivity contribution >= 4 is 0 Å². The van der Waals surface area contributed by atoms with Crippen molar-refractivity contribution in [2.75, 3.05) is 13.2 Å². The highest BCUT2D eigenvalue weighted by molar-refractivity contribution is 5.16. The van der Waals surface area contributed by atoms with Crippen LogP contribution in [-0.4, -0.2) is 19.2 Å². The van der Waals surface area contributed by atoms with Gasteiger partial charge in [-0.15, -0.1) is 0 Å². The van der Waals surface area contributed by atoms with Crippen LogP contribution in [0, 0.1) is 0 Å². The van der Waals surface area contributed by atoms with Gasteiger partial charge in [-0.1, -0.05) is 30.3 Å². The third kappa shape index (κ3) is 3.65. The molecule has 1 saturated carbocycles. The second kappa shape index (κ2) is 5.29. The summed E-state index contributed by atoms with van der Waals surface area (Å²) in [6.07, 6.45) is 2.88. The van der Waals surface area contributed by atoms with Gasteiger partial charge in [-0.3, -0.25) is 0 Å². The van der Waals surface area contributed by atoms with Gasteiger partial charge >= 0.3 is 0 Å². The molecule has 0 spiro atoms. The van der Waals surface area contributed by atoms with Crippen LogP contribution in [0.4, 0.5) is 0 Å². The molecule has 0 amide bonds. The Bertz CT molecular complexity index is 282. The fraction of sp³-hybridized carbons (Fsp3) is 0.538. The van der Waals surface area contributed by atoms with Crippen LogP contribution in [0.25, 0.3) is 0 Å². The van der Waals surface area contributed by atoms with Crippen molar-refractivity contribution in [2.45, 2.75) is 31.9 Å². The zero-order valence-electron chi connectivity index (χ0n) is 9.28. The largest absolute Gasteiger partial charge is 0.373 e. The molecule has 1 unspecified atom stereocenters. The van der Waals surface area contributed by atoms with Gasteiger partial charge in [0, 0.05) is 12.6 Å². The van der Waals surface area contributed by atoms with Gasteiger partial charge in [-0.2, -0.15) is 0 Å². The Hall–Kier alpha value is -0.860. The summed E-state index contributed by atoms with van der Waals surface area (Å²) in [5.41, 5.74) is 1.25. The van der Waals surface area contributed by atoms with Crippen molar-refractivity contribution in [3.8, 4) is 0 Å². The van der Waals surface area contributed by atoms with Crippen LogP contribution in [0.5, 0.6) is 0 Å². The van der Waals surface area contributed by atoms with Gasteiger partial charge in [0.05, 0.1) is 12.7 Å². The van der Waals surface area contributed by atoms with Gasteiger partial charge < -0.3 is 10.1 Å². The van der Waals surface area contributed by atoms with Crippen molar-refractivity contribution in [3.63, 3.8) is 0 Å². The van der Waals surface area contributed by atoms with Gasteiger partial charge in [0.1, 0.15) is 0 Å². The molecule has 1 aliphatic carbocycles. The number of rotatable bonds is 6. The van der Waals surface area contributed by atoms with Gasteiger partial charge in [0.25, 0.3) is 0 Å². The summed E-state index contributed by atoms with van der Waals surface area (Å²) in [5.74, 6) is 0. The third-order valence-electron chi connectivity index (χ3n) is 2.75. The van der Waals surface area contributed by atoms with Crippen molar-refractivity contribution in [3.05, 3.63) is 35.9 Å². The van der Waals surface area contributed by atoms with Crippen molar-refractivity contribution in [1.82, 2.24) is 5.32 Å². The van der Waals surface area contributed by atoms with Crippen molar-refractivity contribution in [1.29, 1.82) is 0 Å². The molecule has 0 radical (unpaired) electrons. The first kappa shape index (κ1) is 10.7. The van der Waals surface area contributed by atoms with Crippen molar-refractivity contribution < 1.29 is 4.74 Å². The second-order valence-corrected chi connectivity index (χ2v) is 4.15. The van der Waals surface area contributed by atoms with E-state index in [0.29, 0.717) is 0 Å². The highest BCUT2D eigenvalue weighted by Gasteiger charge is 2.19.